The molecule has 0 bridgehead atoms. The third-order valence-electron chi connectivity index (χ3n) is 2.82. The fourth-order valence-electron chi connectivity index (χ4n) is 1.94. The van der Waals surface area contributed by atoms with Gasteiger partial charge in [0.1, 0.15) is 11.8 Å². The Morgan fingerprint density at radius 1 is 1.53 bits per heavy atom. The number of hydrogen-bond donors (Lipinski definition) is 2. The van der Waals surface area contributed by atoms with E-state index in [0.717, 1.165) is 17.9 Å². The Labute approximate surface area is 104 Å². The maximum atomic E-state index is 11.1. The highest BCUT2D eigenvalue weighted by Gasteiger charge is 2.28. The van der Waals surface area contributed by atoms with Gasteiger partial charge < -0.3 is 10.2 Å². The molecule has 2 N–H and O–H groups in total. The summed E-state index contributed by atoms with van der Waals surface area (Å²) in [5, 5.41) is 18.5. The Morgan fingerprint density at radius 2 is 2.35 bits per heavy atom. The lowest BCUT2D eigenvalue weighted by Crippen LogP contribution is -2.46. The van der Waals surface area contributed by atoms with Gasteiger partial charge in [-0.15, -0.1) is 0 Å². The molecule has 2 rings (SSSR count). The summed E-state index contributed by atoms with van der Waals surface area (Å²) in [7, 11) is 0. The van der Waals surface area contributed by atoms with E-state index in [2.05, 4.69) is 0 Å². The lowest BCUT2D eigenvalue weighted by atomic mass is 10.1. The smallest absolute Gasteiger partial charge is 0.321 e. The summed E-state index contributed by atoms with van der Waals surface area (Å²) in [4.78, 5) is 13.1. The third-order valence-corrected chi connectivity index (χ3v) is 3.84. The zero-order chi connectivity index (χ0) is 12.3. The molecule has 0 saturated carbocycles. The van der Waals surface area contributed by atoms with E-state index in [0.29, 0.717) is 12.3 Å². The molecule has 1 atom stereocenters. The van der Waals surface area contributed by atoms with Gasteiger partial charge in [0, 0.05) is 24.6 Å². The zero-order valence-corrected chi connectivity index (χ0v) is 10.2. The molecule has 0 aliphatic carbocycles. The van der Waals surface area contributed by atoms with E-state index in [9.17, 15) is 9.90 Å². The fourth-order valence-corrected chi connectivity index (χ4v) is 3.05. The lowest BCUT2D eigenvalue weighted by molar-refractivity contribution is -0.142. The molecule has 92 valence electrons. The molecule has 4 nitrogen and oxygen atoms in total. The van der Waals surface area contributed by atoms with Crippen molar-refractivity contribution in [1.29, 1.82) is 0 Å². The standard InChI is InChI=1S/C12H15NO3S/c14-10-3-1-2-9(6-10)7-13-4-5-17-8-11(13)12(15)16/h1-3,6,11,14H,4-5,7-8H2,(H,15,16). The van der Waals surface area contributed by atoms with Crippen LogP contribution in [0.5, 0.6) is 5.75 Å². The minimum Gasteiger partial charge on any atom is -0.508 e. The lowest BCUT2D eigenvalue weighted by Gasteiger charge is -2.32. The minimum absolute atomic E-state index is 0.223. The van der Waals surface area contributed by atoms with Gasteiger partial charge in [-0.2, -0.15) is 11.8 Å². The molecule has 1 heterocycles. The Morgan fingerprint density at radius 3 is 3.06 bits per heavy atom. The van der Waals surface area contributed by atoms with Crippen LogP contribution in [0.15, 0.2) is 24.3 Å². The zero-order valence-electron chi connectivity index (χ0n) is 9.37. The molecule has 0 radical (unpaired) electrons. The number of aromatic hydroxyl groups is 1. The van der Waals surface area contributed by atoms with Crippen molar-refractivity contribution in [3.05, 3.63) is 29.8 Å². The van der Waals surface area contributed by atoms with Crippen LogP contribution in [0.1, 0.15) is 5.56 Å². The van der Waals surface area contributed by atoms with Crippen LogP contribution >= 0.6 is 11.8 Å². The molecular formula is C12H15NO3S. The van der Waals surface area contributed by atoms with Gasteiger partial charge in [0.2, 0.25) is 0 Å². The largest absolute Gasteiger partial charge is 0.508 e. The van der Waals surface area contributed by atoms with Gasteiger partial charge in [0.15, 0.2) is 0 Å². The number of phenolic OH excluding ortho intramolecular Hbond substituents is 1. The molecule has 1 saturated heterocycles. The number of rotatable bonds is 3. The van der Waals surface area contributed by atoms with Crippen LogP contribution in [-0.2, 0) is 11.3 Å². The van der Waals surface area contributed by atoms with Crippen molar-refractivity contribution in [2.45, 2.75) is 12.6 Å². The first kappa shape index (κ1) is 12.3. The summed E-state index contributed by atoms with van der Waals surface area (Å²) < 4.78 is 0. The van der Waals surface area contributed by atoms with E-state index in [-0.39, 0.29) is 5.75 Å². The highest BCUT2D eigenvalue weighted by atomic mass is 32.2. The van der Waals surface area contributed by atoms with Gasteiger partial charge >= 0.3 is 5.97 Å². The molecule has 0 amide bonds. The van der Waals surface area contributed by atoms with Crippen molar-refractivity contribution < 1.29 is 15.0 Å². The number of thioether (sulfide) groups is 1. The number of hydrogen-bond acceptors (Lipinski definition) is 4. The first-order valence-corrected chi connectivity index (χ1v) is 6.65. The Balaban J connectivity index is 2.08. The van der Waals surface area contributed by atoms with Crippen LogP contribution in [0.25, 0.3) is 0 Å². The quantitative estimate of drug-likeness (QED) is 0.852. The summed E-state index contributed by atoms with van der Waals surface area (Å²) in [6, 6.07) is 6.56. The molecule has 1 unspecified atom stereocenters. The monoisotopic (exact) mass is 253 g/mol. The molecule has 5 heteroatoms. The summed E-state index contributed by atoms with van der Waals surface area (Å²) in [6.07, 6.45) is 0. The van der Waals surface area contributed by atoms with Gasteiger partial charge in [-0.1, -0.05) is 12.1 Å². The Hall–Kier alpha value is -1.20. The number of aliphatic carboxylic acids is 1. The second kappa shape index (κ2) is 5.42. The highest BCUT2D eigenvalue weighted by molar-refractivity contribution is 7.99. The number of benzene rings is 1. The van der Waals surface area contributed by atoms with Crippen molar-refractivity contribution in [3.63, 3.8) is 0 Å². The van der Waals surface area contributed by atoms with Crippen molar-refractivity contribution in [1.82, 2.24) is 4.90 Å². The highest BCUT2D eigenvalue weighted by Crippen LogP contribution is 2.20. The predicted molar refractivity (Wildman–Crippen MR) is 67.3 cm³/mol. The number of phenols is 1. The van der Waals surface area contributed by atoms with Crippen LogP contribution < -0.4 is 0 Å². The number of carbonyl (C=O) groups is 1. The van der Waals surface area contributed by atoms with E-state index < -0.39 is 12.0 Å². The average molecular weight is 253 g/mol. The van der Waals surface area contributed by atoms with Crippen LogP contribution in [0.3, 0.4) is 0 Å². The Kier molecular flexibility index (Phi) is 3.91. The van der Waals surface area contributed by atoms with Crippen molar-refractivity contribution >= 4 is 17.7 Å². The maximum Gasteiger partial charge on any atom is 0.321 e. The van der Waals surface area contributed by atoms with Gasteiger partial charge in [-0.25, -0.2) is 0 Å². The summed E-state index contributed by atoms with van der Waals surface area (Å²) in [6.45, 7) is 1.35. The summed E-state index contributed by atoms with van der Waals surface area (Å²) in [5.74, 6) is 1.05. The topological polar surface area (TPSA) is 60.8 Å². The number of nitrogens with zero attached hydrogens (tertiary/aromatic N) is 1. The SMILES string of the molecule is O=C(O)C1CSCCN1Cc1cccc(O)c1. The fraction of sp³-hybridized carbons (Fsp3) is 0.417. The second-order valence-corrected chi connectivity index (χ2v) is 5.22. The van der Waals surface area contributed by atoms with Crippen LogP contribution in [0.4, 0.5) is 0 Å². The molecule has 1 aromatic rings. The molecule has 17 heavy (non-hydrogen) atoms. The van der Waals surface area contributed by atoms with Crippen LogP contribution in [0, 0.1) is 0 Å². The van der Waals surface area contributed by atoms with E-state index in [1.54, 1.807) is 30.0 Å². The van der Waals surface area contributed by atoms with Gasteiger partial charge in [-0.3, -0.25) is 9.69 Å². The van der Waals surface area contributed by atoms with Gasteiger partial charge in [0.25, 0.3) is 0 Å². The summed E-state index contributed by atoms with van der Waals surface area (Å²) in [5.41, 5.74) is 0.947. The van der Waals surface area contributed by atoms with Gasteiger partial charge in [0.05, 0.1) is 0 Å². The molecule has 1 fully saturated rings. The molecule has 0 spiro atoms. The second-order valence-electron chi connectivity index (χ2n) is 4.07. The van der Waals surface area contributed by atoms with Crippen LogP contribution in [0.2, 0.25) is 0 Å². The van der Waals surface area contributed by atoms with Crippen molar-refractivity contribution in [2.24, 2.45) is 0 Å². The van der Waals surface area contributed by atoms with Gasteiger partial charge in [-0.05, 0) is 17.7 Å². The molecule has 1 aliphatic rings. The average Bonchev–Trinajstić information content (AvgIpc) is 2.29. The van der Waals surface area contributed by atoms with Crippen LogP contribution in [-0.4, -0.2) is 45.2 Å². The minimum atomic E-state index is -0.766. The normalized spacial score (nSPS) is 21.3. The van der Waals surface area contributed by atoms with E-state index in [1.807, 2.05) is 11.0 Å². The first-order valence-electron chi connectivity index (χ1n) is 5.49. The molecule has 1 aromatic carbocycles. The molecule has 0 aromatic heterocycles. The third kappa shape index (κ3) is 3.14. The van der Waals surface area contributed by atoms with E-state index in [4.69, 9.17) is 5.11 Å². The number of carboxylic acids is 1. The molecule has 1 aliphatic heterocycles. The first-order chi connectivity index (χ1) is 8.16. The van der Waals surface area contributed by atoms with E-state index in [1.165, 1.54) is 0 Å². The number of carboxylic acid groups (broad SMARTS) is 1. The Bertz CT molecular complexity index is 410. The molecular weight excluding hydrogens is 238 g/mol. The van der Waals surface area contributed by atoms with Crippen molar-refractivity contribution in [2.75, 3.05) is 18.1 Å². The summed E-state index contributed by atoms with van der Waals surface area (Å²) >= 11 is 1.68. The predicted octanol–water partition coefficient (Wildman–Crippen LogP) is 1.39. The van der Waals surface area contributed by atoms with Crippen molar-refractivity contribution in [3.8, 4) is 5.75 Å². The maximum absolute atomic E-state index is 11.1. The van der Waals surface area contributed by atoms with E-state index >= 15 is 0 Å².